The largest absolute Gasteiger partial charge is 0.355 e. The zero-order valence-corrected chi connectivity index (χ0v) is 10.5. The number of amides is 1. The van der Waals surface area contributed by atoms with E-state index >= 15 is 0 Å². The predicted octanol–water partition coefficient (Wildman–Crippen LogP) is 1.05. The van der Waals surface area contributed by atoms with Crippen LogP contribution in [0.5, 0.6) is 0 Å². The lowest BCUT2D eigenvalue weighted by Crippen LogP contribution is -2.28. The van der Waals surface area contributed by atoms with Gasteiger partial charge in [-0.05, 0) is 31.5 Å². The van der Waals surface area contributed by atoms with Crippen LogP contribution in [-0.2, 0) is 11.2 Å². The third-order valence-corrected chi connectivity index (χ3v) is 2.99. The van der Waals surface area contributed by atoms with Crippen LogP contribution in [0, 0.1) is 0 Å². The molecular weight excluding hydrogens is 226 g/mol. The van der Waals surface area contributed by atoms with Crippen LogP contribution in [-0.4, -0.2) is 30.5 Å². The summed E-state index contributed by atoms with van der Waals surface area (Å²) in [6.45, 7) is 2.72. The maximum absolute atomic E-state index is 11.7. The summed E-state index contributed by atoms with van der Waals surface area (Å²) in [5.74, 6) is 0.0447. The van der Waals surface area contributed by atoms with E-state index in [1.165, 1.54) is 5.57 Å². The number of hydrogen-bond acceptors (Lipinski definition) is 3. The molecule has 0 unspecified atom stereocenters. The second kappa shape index (κ2) is 6.91. The molecule has 0 aromatic carbocycles. The molecule has 1 aromatic rings. The molecule has 1 aromatic heterocycles. The molecule has 0 aliphatic carbocycles. The number of nitrogens with one attached hydrogen (secondary N) is 2. The van der Waals surface area contributed by atoms with Gasteiger partial charge in [0, 0.05) is 25.0 Å². The maximum atomic E-state index is 11.7. The second-order valence-electron chi connectivity index (χ2n) is 4.41. The molecule has 4 nitrogen and oxygen atoms in total. The Morgan fingerprint density at radius 1 is 1.44 bits per heavy atom. The smallest absolute Gasteiger partial charge is 0.226 e. The number of rotatable bonds is 5. The standard InChI is InChI=1S/C14H19N3O/c18-14(11-13-3-1-2-7-16-13)17-10-6-12-4-8-15-9-5-12/h1-4,7,15H,5-6,8-11H2,(H,17,18). The Labute approximate surface area is 108 Å². The van der Waals surface area contributed by atoms with Crippen LogP contribution in [0.3, 0.4) is 0 Å². The van der Waals surface area contributed by atoms with E-state index in [0.29, 0.717) is 6.42 Å². The van der Waals surface area contributed by atoms with E-state index in [1.54, 1.807) is 6.20 Å². The fourth-order valence-electron chi connectivity index (χ4n) is 1.99. The summed E-state index contributed by atoms with van der Waals surface area (Å²) in [6.07, 6.45) is 6.34. The van der Waals surface area contributed by atoms with Crippen molar-refractivity contribution in [1.82, 2.24) is 15.6 Å². The summed E-state index contributed by atoms with van der Waals surface area (Å²) in [5.41, 5.74) is 2.25. The highest BCUT2D eigenvalue weighted by atomic mass is 16.1. The molecule has 4 heteroatoms. The first-order valence-electron chi connectivity index (χ1n) is 6.40. The molecule has 0 radical (unpaired) electrons. The molecule has 0 saturated heterocycles. The normalized spacial score (nSPS) is 15.0. The van der Waals surface area contributed by atoms with Gasteiger partial charge in [0.25, 0.3) is 0 Å². The molecule has 2 rings (SSSR count). The Bertz CT molecular complexity index is 414. The summed E-state index contributed by atoms with van der Waals surface area (Å²) in [5, 5.41) is 6.21. The van der Waals surface area contributed by atoms with Gasteiger partial charge < -0.3 is 10.6 Å². The first-order valence-corrected chi connectivity index (χ1v) is 6.40. The van der Waals surface area contributed by atoms with Crippen molar-refractivity contribution < 1.29 is 4.79 Å². The van der Waals surface area contributed by atoms with Crippen LogP contribution in [0.2, 0.25) is 0 Å². The molecule has 1 aliphatic heterocycles. The van der Waals surface area contributed by atoms with Crippen molar-refractivity contribution in [3.63, 3.8) is 0 Å². The van der Waals surface area contributed by atoms with Crippen molar-refractivity contribution in [2.45, 2.75) is 19.3 Å². The number of nitrogens with zero attached hydrogens (tertiary/aromatic N) is 1. The fraction of sp³-hybridized carbons (Fsp3) is 0.429. The lowest BCUT2D eigenvalue weighted by Gasteiger charge is -2.14. The van der Waals surface area contributed by atoms with Gasteiger partial charge in [0.05, 0.1) is 6.42 Å². The molecule has 1 aliphatic rings. The number of pyridine rings is 1. The molecule has 2 heterocycles. The Hall–Kier alpha value is -1.68. The van der Waals surface area contributed by atoms with E-state index in [-0.39, 0.29) is 5.91 Å². The molecule has 96 valence electrons. The van der Waals surface area contributed by atoms with Crippen LogP contribution in [0.25, 0.3) is 0 Å². The summed E-state index contributed by atoms with van der Waals surface area (Å²) < 4.78 is 0. The fourth-order valence-corrected chi connectivity index (χ4v) is 1.99. The Morgan fingerprint density at radius 3 is 3.11 bits per heavy atom. The average Bonchev–Trinajstić information content (AvgIpc) is 2.41. The first-order chi connectivity index (χ1) is 8.84. The summed E-state index contributed by atoms with van der Waals surface area (Å²) in [6, 6.07) is 5.62. The van der Waals surface area contributed by atoms with Crippen molar-refractivity contribution in [3.05, 3.63) is 41.7 Å². The number of carbonyl (C=O) groups excluding carboxylic acids is 1. The summed E-state index contributed by atoms with van der Waals surface area (Å²) >= 11 is 0. The lowest BCUT2D eigenvalue weighted by molar-refractivity contribution is -0.120. The van der Waals surface area contributed by atoms with Gasteiger partial charge in [-0.1, -0.05) is 17.7 Å². The Balaban J connectivity index is 1.67. The lowest BCUT2D eigenvalue weighted by atomic mass is 10.1. The highest BCUT2D eigenvalue weighted by Gasteiger charge is 2.05. The van der Waals surface area contributed by atoms with Gasteiger partial charge in [-0.25, -0.2) is 0 Å². The molecule has 0 bridgehead atoms. The predicted molar refractivity (Wildman–Crippen MR) is 71.1 cm³/mol. The molecule has 0 atom stereocenters. The van der Waals surface area contributed by atoms with Gasteiger partial charge in [-0.2, -0.15) is 0 Å². The molecular formula is C14H19N3O. The van der Waals surface area contributed by atoms with Gasteiger partial charge >= 0.3 is 0 Å². The summed E-state index contributed by atoms with van der Waals surface area (Å²) in [4.78, 5) is 15.8. The van der Waals surface area contributed by atoms with Gasteiger partial charge in [-0.15, -0.1) is 0 Å². The Kier molecular flexibility index (Phi) is 4.90. The molecule has 0 fully saturated rings. The van der Waals surface area contributed by atoms with Gasteiger partial charge in [0.1, 0.15) is 0 Å². The van der Waals surface area contributed by atoms with Crippen molar-refractivity contribution in [2.24, 2.45) is 0 Å². The third-order valence-electron chi connectivity index (χ3n) is 2.99. The van der Waals surface area contributed by atoms with Gasteiger partial charge in [-0.3, -0.25) is 9.78 Å². The number of hydrogen-bond donors (Lipinski definition) is 2. The van der Waals surface area contributed by atoms with Crippen LogP contribution in [0.4, 0.5) is 0 Å². The highest BCUT2D eigenvalue weighted by molar-refractivity contribution is 5.78. The summed E-state index contributed by atoms with van der Waals surface area (Å²) in [7, 11) is 0. The minimum Gasteiger partial charge on any atom is -0.355 e. The minimum atomic E-state index is 0.0447. The third kappa shape index (κ3) is 4.30. The zero-order valence-electron chi connectivity index (χ0n) is 10.5. The average molecular weight is 245 g/mol. The molecule has 0 saturated carbocycles. The van der Waals surface area contributed by atoms with Gasteiger partial charge in [0.15, 0.2) is 0 Å². The van der Waals surface area contributed by atoms with E-state index in [4.69, 9.17) is 0 Å². The van der Waals surface area contributed by atoms with Crippen molar-refractivity contribution in [2.75, 3.05) is 19.6 Å². The van der Waals surface area contributed by atoms with E-state index in [9.17, 15) is 4.79 Å². The molecule has 2 N–H and O–H groups in total. The first kappa shape index (κ1) is 12.8. The van der Waals surface area contributed by atoms with Crippen LogP contribution < -0.4 is 10.6 Å². The van der Waals surface area contributed by atoms with E-state index in [1.807, 2.05) is 18.2 Å². The molecule has 1 amide bonds. The molecule has 0 spiro atoms. The van der Waals surface area contributed by atoms with Crippen molar-refractivity contribution in [1.29, 1.82) is 0 Å². The monoisotopic (exact) mass is 245 g/mol. The van der Waals surface area contributed by atoms with Crippen molar-refractivity contribution >= 4 is 5.91 Å². The van der Waals surface area contributed by atoms with E-state index < -0.39 is 0 Å². The topological polar surface area (TPSA) is 54.0 Å². The number of aromatic nitrogens is 1. The Morgan fingerprint density at radius 2 is 2.39 bits per heavy atom. The maximum Gasteiger partial charge on any atom is 0.226 e. The van der Waals surface area contributed by atoms with E-state index in [0.717, 1.165) is 38.2 Å². The SMILES string of the molecule is O=C(Cc1ccccn1)NCCC1=CCNCC1. The zero-order chi connectivity index (χ0) is 12.6. The highest BCUT2D eigenvalue weighted by Crippen LogP contribution is 2.07. The second-order valence-corrected chi connectivity index (χ2v) is 4.41. The van der Waals surface area contributed by atoms with Crippen molar-refractivity contribution in [3.8, 4) is 0 Å². The van der Waals surface area contributed by atoms with Crippen LogP contribution in [0.1, 0.15) is 18.5 Å². The molecule has 18 heavy (non-hydrogen) atoms. The van der Waals surface area contributed by atoms with Crippen LogP contribution >= 0.6 is 0 Å². The number of carbonyl (C=O) groups is 1. The van der Waals surface area contributed by atoms with E-state index in [2.05, 4.69) is 21.7 Å². The quantitative estimate of drug-likeness (QED) is 0.762. The minimum absolute atomic E-state index is 0.0447. The van der Waals surface area contributed by atoms with Crippen LogP contribution in [0.15, 0.2) is 36.0 Å². The van der Waals surface area contributed by atoms with Gasteiger partial charge in [0.2, 0.25) is 5.91 Å².